The van der Waals surface area contributed by atoms with E-state index in [2.05, 4.69) is 5.32 Å². The molecule has 0 saturated carbocycles. The van der Waals surface area contributed by atoms with Gasteiger partial charge in [-0.05, 0) is 72.4 Å². The molecule has 2 aliphatic rings. The molecule has 176 valence electrons. The largest absolute Gasteiger partial charge is 0.466 e. The van der Waals surface area contributed by atoms with Crippen molar-refractivity contribution < 1.29 is 28.6 Å². The average molecular weight is 451 g/mol. The summed E-state index contributed by atoms with van der Waals surface area (Å²) in [5.74, 6) is 0.883. The second kappa shape index (κ2) is 14.5. The Labute approximate surface area is 186 Å². The molecule has 2 heterocycles. The van der Waals surface area contributed by atoms with Crippen LogP contribution in [0.1, 0.15) is 60.3 Å². The Hall–Kier alpha value is -1.54. The number of carbonyl (C=O) groups excluding carboxylic acids is 3. The molecule has 0 aliphatic carbocycles. The van der Waals surface area contributed by atoms with Crippen molar-refractivity contribution in [3.63, 3.8) is 0 Å². The lowest BCUT2D eigenvalue weighted by atomic mass is 9.95. The topological polar surface area (TPSA) is 94.2 Å². The molecule has 0 atom stereocenters. The maximum Gasteiger partial charge on any atom is 0.410 e. The molecule has 0 spiro atoms. The molecule has 2 rings (SSSR count). The second-order valence-corrected chi connectivity index (χ2v) is 8.46. The molecule has 9 heteroatoms. The molecule has 30 heavy (non-hydrogen) atoms. The predicted octanol–water partition coefficient (Wildman–Crippen LogP) is 3.17. The van der Waals surface area contributed by atoms with Crippen LogP contribution < -0.4 is 5.32 Å². The molecule has 0 aromatic heterocycles. The molecule has 1 amide bonds. The van der Waals surface area contributed by atoms with E-state index in [0.717, 1.165) is 25.9 Å². The zero-order valence-corrected chi connectivity index (χ0v) is 19.8. The maximum atomic E-state index is 11.6. The van der Waals surface area contributed by atoms with Crippen LogP contribution in [0, 0.1) is 11.8 Å². The summed E-state index contributed by atoms with van der Waals surface area (Å²) in [5, 5.41) is 3.16. The lowest BCUT2D eigenvalue weighted by Gasteiger charge is -2.39. The van der Waals surface area contributed by atoms with Crippen LogP contribution in [0.2, 0.25) is 0 Å². The summed E-state index contributed by atoms with van der Waals surface area (Å²) in [5.41, 5.74) is -0.451. The number of ether oxygens (including phenoxy) is 3. The Morgan fingerprint density at radius 1 is 0.900 bits per heavy atom. The molecule has 2 aliphatic heterocycles. The number of halogens is 1. The van der Waals surface area contributed by atoms with E-state index >= 15 is 0 Å². The monoisotopic (exact) mass is 450 g/mol. The molecule has 0 bridgehead atoms. The molecule has 0 unspecified atom stereocenters. The van der Waals surface area contributed by atoms with Gasteiger partial charge in [0, 0.05) is 25.9 Å². The summed E-state index contributed by atoms with van der Waals surface area (Å²) in [7, 11) is 0. The van der Waals surface area contributed by atoms with E-state index in [0.29, 0.717) is 51.0 Å². The van der Waals surface area contributed by atoms with Gasteiger partial charge in [-0.1, -0.05) is 0 Å². The standard InChI is InChI=1S/C13H23NO4.C8H15NO2.ClH/c1-5-17-11(15)7-6-10-8-14(9-10)12(16)18-13(2,3)4;1-2-11-8(10)4-3-7-5-9-6-7;/h10H,5-9H2,1-4H3;7,9H,2-6H2,1H3;1H. The van der Waals surface area contributed by atoms with Gasteiger partial charge in [0.05, 0.1) is 13.2 Å². The van der Waals surface area contributed by atoms with E-state index in [9.17, 15) is 14.4 Å². The van der Waals surface area contributed by atoms with E-state index < -0.39 is 5.60 Å². The molecular weight excluding hydrogens is 412 g/mol. The Kier molecular flexibility index (Phi) is 13.7. The minimum atomic E-state index is -0.451. The number of nitrogens with one attached hydrogen (secondary N) is 1. The van der Waals surface area contributed by atoms with Crippen LogP contribution in [0.3, 0.4) is 0 Å². The quantitative estimate of drug-likeness (QED) is 0.448. The highest BCUT2D eigenvalue weighted by Gasteiger charge is 2.33. The number of hydrogen-bond donors (Lipinski definition) is 1. The number of nitrogens with zero attached hydrogens (tertiary/aromatic N) is 1. The zero-order valence-electron chi connectivity index (χ0n) is 19.0. The van der Waals surface area contributed by atoms with E-state index in [4.69, 9.17) is 14.2 Å². The van der Waals surface area contributed by atoms with E-state index in [-0.39, 0.29) is 30.4 Å². The van der Waals surface area contributed by atoms with Crippen molar-refractivity contribution in [2.24, 2.45) is 11.8 Å². The minimum absolute atomic E-state index is 0. The van der Waals surface area contributed by atoms with Gasteiger partial charge in [0.15, 0.2) is 0 Å². The molecule has 2 fully saturated rings. The maximum absolute atomic E-state index is 11.6. The molecule has 8 nitrogen and oxygen atoms in total. The van der Waals surface area contributed by atoms with Crippen molar-refractivity contribution in [1.82, 2.24) is 10.2 Å². The van der Waals surface area contributed by atoms with Crippen molar-refractivity contribution in [2.75, 3.05) is 39.4 Å². The van der Waals surface area contributed by atoms with Gasteiger partial charge in [-0.15, -0.1) is 12.4 Å². The Morgan fingerprint density at radius 3 is 1.73 bits per heavy atom. The third-order valence-corrected chi connectivity index (χ3v) is 4.60. The van der Waals surface area contributed by atoms with E-state index in [1.807, 2.05) is 27.7 Å². The normalized spacial score (nSPS) is 16.1. The van der Waals surface area contributed by atoms with Crippen molar-refractivity contribution in [3.05, 3.63) is 0 Å². The molecular formula is C21H39ClN2O6. The van der Waals surface area contributed by atoms with Gasteiger partial charge in [-0.3, -0.25) is 9.59 Å². The van der Waals surface area contributed by atoms with Crippen molar-refractivity contribution in [3.8, 4) is 0 Å². The van der Waals surface area contributed by atoms with Gasteiger partial charge in [0.1, 0.15) is 5.60 Å². The van der Waals surface area contributed by atoms with Crippen LogP contribution in [0.4, 0.5) is 4.79 Å². The van der Waals surface area contributed by atoms with Crippen LogP contribution in [-0.2, 0) is 23.8 Å². The second-order valence-electron chi connectivity index (χ2n) is 8.46. The molecule has 0 aromatic carbocycles. The van der Waals surface area contributed by atoms with Crippen molar-refractivity contribution in [2.45, 2.75) is 65.9 Å². The highest BCUT2D eigenvalue weighted by Crippen LogP contribution is 2.23. The summed E-state index contributed by atoms with van der Waals surface area (Å²) >= 11 is 0. The summed E-state index contributed by atoms with van der Waals surface area (Å²) in [6.07, 6.45) is 2.50. The lowest BCUT2D eigenvalue weighted by molar-refractivity contribution is -0.144. The smallest absolute Gasteiger partial charge is 0.410 e. The van der Waals surface area contributed by atoms with Crippen LogP contribution in [0.25, 0.3) is 0 Å². The van der Waals surface area contributed by atoms with Gasteiger partial charge in [-0.25, -0.2) is 4.79 Å². The Morgan fingerprint density at radius 2 is 1.37 bits per heavy atom. The first-order valence-electron chi connectivity index (χ1n) is 10.6. The van der Waals surface area contributed by atoms with Gasteiger partial charge in [0.25, 0.3) is 0 Å². The van der Waals surface area contributed by atoms with Crippen molar-refractivity contribution >= 4 is 30.4 Å². The fourth-order valence-corrected chi connectivity index (χ4v) is 2.89. The third kappa shape index (κ3) is 12.2. The number of hydrogen-bond acceptors (Lipinski definition) is 7. The highest BCUT2D eigenvalue weighted by atomic mass is 35.5. The fourth-order valence-electron chi connectivity index (χ4n) is 2.89. The summed E-state index contributed by atoms with van der Waals surface area (Å²) in [4.78, 5) is 35.3. The minimum Gasteiger partial charge on any atom is -0.466 e. The Bertz CT molecular complexity index is 528. The van der Waals surface area contributed by atoms with E-state index in [1.165, 1.54) is 0 Å². The summed E-state index contributed by atoms with van der Waals surface area (Å²) < 4.78 is 14.9. The average Bonchev–Trinajstić information content (AvgIpc) is 2.51. The molecule has 2 saturated heterocycles. The lowest BCUT2D eigenvalue weighted by Crippen LogP contribution is -2.51. The number of amides is 1. The predicted molar refractivity (Wildman–Crippen MR) is 117 cm³/mol. The first-order chi connectivity index (χ1) is 13.6. The molecule has 0 radical (unpaired) electrons. The highest BCUT2D eigenvalue weighted by molar-refractivity contribution is 5.85. The first kappa shape index (κ1) is 28.5. The fraction of sp³-hybridized carbons (Fsp3) is 0.857. The van der Waals surface area contributed by atoms with Gasteiger partial charge in [0.2, 0.25) is 0 Å². The van der Waals surface area contributed by atoms with Crippen molar-refractivity contribution in [1.29, 1.82) is 0 Å². The van der Waals surface area contributed by atoms with Gasteiger partial charge < -0.3 is 24.4 Å². The van der Waals surface area contributed by atoms with Gasteiger partial charge in [-0.2, -0.15) is 0 Å². The van der Waals surface area contributed by atoms with E-state index in [1.54, 1.807) is 11.8 Å². The summed E-state index contributed by atoms with van der Waals surface area (Å²) in [6.45, 7) is 13.6. The summed E-state index contributed by atoms with van der Waals surface area (Å²) in [6, 6.07) is 0. The first-order valence-corrected chi connectivity index (χ1v) is 10.6. The van der Waals surface area contributed by atoms with Crippen LogP contribution in [-0.4, -0.2) is 67.9 Å². The number of carbonyl (C=O) groups is 3. The number of esters is 2. The SMILES string of the molecule is CCOC(=O)CCC1CN(C(=O)OC(C)(C)C)C1.CCOC(=O)CCC1CNC1.Cl. The Balaban J connectivity index is 0.000000603. The van der Waals surface area contributed by atoms with Crippen LogP contribution in [0.15, 0.2) is 0 Å². The number of likely N-dealkylation sites (tertiary alicyclic amines) is 1. The number of rotatable bonds is 8. The van der Waals surface area contributed by atoms with Crippen LogP contribution >= 0.6 is 12.4 Å². The third-order valence-electron chi connectivity index (χ3n) is 4.60. The van der Waals surface area contributed by atoms with Crippen LogP contribution in [0.5, 0.6) is 0 Å². The zero-order chi connectivity index (χ0) is 21.9. The molecule has 0 aromatic rings. The van der Waals surface area contributed by atoms with Gasteiger partial charge >= 0.3 is 18.0 Å². The molecule has 1 N–H and O–H groups in total.